The fourth-order valence-electron chi connectivity index (χ4n) is 6.65. The average molecular weight is 513 g/mol. The molecule has 202 valence electrons. The number of carbonyl (C=O) groups is 1. The third kappa shape index (κ3) is 9.26. The largest absolute Gasteiger partial charge is 0.423 e. The fourth-order valence-corrected chi connectivity index (χ4v) is 6.87. The van der Waals surface area contributed by atoms with Crippen molar-refractivity contribution in [2.75, 3.05) is 5.75 Å². The Balaban J connectivity index is 1.53. The van der Waals surface area contributed by atoms with Gasteiger partial charge in [0.05, 0.1) is 0 Å². The van der Waals surface area contributed by atoms with Gasteiger partial charge in [-0.1, -0.05) is 77.0 Å². The molecule has 0 aromatic heterocycles. The first-order valence-corrected chi connectivity index (χ1v) is 15.8. The van der Waals surface area contributed by atoms with Crippen LogP contribution in [0.25, 0.3) is 0 Å². The van der Waals surface area contributed by atoms with Crippen molar-refractivity contribution in [3.05, 3.63) is 41.5 Å². The van der Waals surface area contributed by atoms with E-state index in [0.29, 0.717) is 11.5 Å². The van der Waals surface area contributed by atoms with E-state index in [9.17, 15) is 4.79 Å². The molecule has 3 heteroatoms. The number of hydrogen-bond donors (Lipinski definition) is 1. The number of ether oxygens (including phenoxy) is 1. The molecule has 1 aromatic carbocycles. The molecule has 0 amide bonds. The number of thiol groups is 1. The Morgan fingerprint density at radius 2 is 1.58 bits per heavy atom. The number of rotatable bonds is 14. The highest BCUT2D eigenvalue weighted by Crippen LogP contribution is 2.45. The summed E-state index contributed by atoms with van der Waals surface area (Å²) in [7, 11) is 0. The lowest BCUT2D eigenvalue weighted by molar-refractivity contribution is -0.130. The van der Waals surface area contributed by atoms with Crippen molar-refractivity contribution >= 4 is 18.6 Å². The molecule has 0 radical (unpaired) electrons. The molecule has 0 saturated heterocycles. The van der Waals surface area contributed by atoms with Gasteiger partial charge in [-0.3, -0.25) is 0 Å². The maximum absolute atomic E-state index is 12.4. The van der Waals surface area contributed by atoms with Crippen LogP contribution < -0.4 is 4.74 Å². The highest BCUT2D eigenvalue weighted by Gasteiger charge is 2.31. The van der Waals surface area contributed by atoms with Crippen molar-refractivity contribution in [3.8, 4) is 5.75 Å². The predicted molar refractivity (Wildman–Crippen MR) is 157 cm³/mol. The Morgan fingerprint density at radius 1 is 0.917 bits per heavy atom. The molecule has 36 heavy (non-hydrogen) atoms. The Kier molecular flexibility index (Phi) is 13.0. The van der Waals surface area contributed by atoms with Gasteiger partial charge in [0.15, 0.2) is 0 Å². The predicted octanol–water partition coefficient (Wildman–Crippen LogP) is 9.86. The molecular formula is C33H52O2S. The summed E-state index contributed by atoms with van der Waals surface area (Å²) in [5, 5.41) is 0. The van der Waals surface area contributed by atoms with E-state index < -0.39 is 0 Å². The molecule has 0 unspecified atom stereocenters. The third-order valence-corrected chi connectivity index (χ3v) is 9.33. The van der Waals surface area contributed by atoms with Gasteiger partial charge >= 0.3 is 5.97 Å². The van der Waals surface area contributed by atoms with E-state index in [1.807, 2.05) is 0 Å². The zero-order valence-electron chi connectivity index (χ0n) is 23.2. The SMILES string of the molecule is C=C(C)C(=O)Oc1cc(C2CCC(C3CCC(CCCCC)CC3)CC2)ccc1CCCCCCS. The van der Waals surface area contributed by atoms with Crippen LogP contribution in [0.2, 0.25) is 0 Å². The van der Waals surface area contributed by atoms with Gasteiger partial charge in [-0.25, -0.2) is 4.79 Å². The summed E-state index contributed by atoms with van der Waals surface area (Å²) < 4.78 is 5.83. The lowest BCUT2D eigenvalue weighted by Crippen LogP contribution is -2.25. The standard InChI is InChI=1S/C33H52O2S/c1-4-5-8-11-26-13-15-27(16-14-26)28-17-19-29(20-18-28)31-22-21-30(12-9-6-7-10-23-36)32(24-31)35-33(34)25(2)3/h21-22,24,26-29,36H,2,4-20,23H2,1,3H3. The van der Waals surface area contributed by atoms with E-state index in [0.717, 1.165) is 47.7 Å². The van der Waals surface area contributed by atoms with Gasteiger partial charge in [0.2, 0.25) is 0 Å². The van der Waals surface area contributed by atoms with E-state index >= 15 is 0 Å². The number of esters is 1. The Morgan fingerprint density at radius 3 is 2.22 bits per heavy atom. The molecule has 3 rings (SSSR count). The first-order chi connectivity index (χ1) is 17.5. The molecule has 0 bridgehead atoms. The number of hydrogen-bond acceptors (Lipinski definition) is 3. The maximum atomic E-state index is 12.4. The third-order valence-electron chi connectivity index (χ3n) is 9.01. The molecule has 2 fully saturated rings. The van der Waals surface area contributed by atoms with Gasteiger partial charge < -0.3 is 4.74 Å². The summed E-state index contributed by atoms with van der Waals surface area (Å²) in [4.78, 5) is 12.4. The van der Waals surface area contributed by atoms with Gasteiger partial charge in [0.25, 0.3) is 0 Å². The Labute approximate surface area is 227 Å². The number of unbranched alkanes of at least 4 members (excludes halogenated alkanes) is 5. The topological polar surface area (TPSA) is 26.3 Å². The zero-order chi connectivity index (χ0) is 25.8. The summed E-state index contributed by atoms with van der Waals surface area (Å²) >= 11 is 4.31. The lowest BCUT2D eigenvalue weighted by atomic mass is 9.68. The molecule has 0 spiro atoms. The molecule has 2 nitrogen and oxygen atoms in total. The van der Waals surface area contributed by atoms with Crippen LogP contribution in [0.15, 0.2) is 30.4 Å². The fraction of sp³-hybridized carbons (Fsp3) is 0.727. The summed E-state index contributed by atoms with van der Waals surface area (Å²) in [5.41, 5.74) is 2.97. The van der Waals surface area contributed by atoms with Crippen LogP contribution in [-0.2, 0) is 11.2 Å². The van der Waals surface area contributed by atoms with Crippen molar-refractivity contribution in [1.82, 2.24) is 0 Å². The van der Waals surface area contributed by atoms with Gasteiger partial charge in [-0.15, -0.1) is 0 Å². The first kappa shape index (κ1) is 29.3. The maximum Gasteiger partial charge on any atom is 0.338 e. The highest BCUT2D eigenvalue weighted by atomic mass is 32.1. The normalized spacial score (nSPS) is 24.4. The van der Waals surface area contributed by atoms with Crippen LogP contribution in [0.4, 0.5) is 0 Å². The van der Waals surface area contributed by atoms with Crippen LogP contribution in [0.1, 0.15) is 134 Å². The van der Waals surface area contributed by atoms with Crippen molar-refractivity contribution in [3.63, 3.8) is 0 Å². The molecule has 0 atom stereocenters. The van der Waals surface area contributed by atoms with Crippen LogP contribution in [0, 0.1) is 17.8 Å². The zero-order valence-corrected chi connectivity index (χ0v) is 24.1. The highest BCUT2D eigenvalue weighted by molar-refractivity contribution is 7.80. The van der Waals surface area contributed by atoms with Gasteiger partial charge in [0, 0.05) is 5.57 Å². The van der Waals surface area contributed by atoms with Gasteiger partial charge in [0.1, 0.15) is 5.75 Å². The lowest BCUT2D eigenvalue weighted by Gasteiger charge is -2.38. The molecule has 0 heterocycles. The quantitative estimate of drug-likeness (QED) is 0.0882. The minimum atomic E-state index is -0.308. The molecule has 0 aliphatic heterocycles. The van der Waals surface area contributed by atoms with Crippen LogP contribution in [-0.4, -0.2) is 11.7 Å². The van der Waals surface area contributed by atoms with Crippen LogP contribution >= 0.6 is 12.6 Å². The number of aryl methyl sites for hydroxylation is 1. The summed E-state index contributed by atoms with van der Waals surface area (Å²) in [6.45, 7) is 7.82. The minimum absolute atomic E-state index is 0.308. The summed E-state index contributed by atoms with van der Waals surface area (Å²) in [5.74, 6) is 4.90. The van der Waals surface area contributed by atoms with Gasteiger partial charge in [-0.05, 0) is 111 Å². The van der Waals surface area contributed by atoms with Crippen LogP contribution in [0.5, 0.6) is 5.75 Å². The molecule has 1 aromatic rings. The monoisotopic (exact) mass is 512 g/mol. The van der Waals surface area contributed by atoms with E-state index in [-0.39, 0.29) is 5.97 Å². The Hall–Kier alpha value is -1.22. The molecule has 2 aliphatic carbocycles. The Bertz CT molecular complexity index is 800. The number of benzene rings is 1. The van der Waals surface area contributed by atoms with Crippen molar-refractivity contribution in [2.24, 2.45) is 17.8 Å². The molecular weight excluding hydrogens is 460 g/mol. The first-order valence-electron chi connectivity index (χ1n) is 15.1. The number of carbonyl (C=O) groups excluding carboxylic acids is 1. The second-order valence-corrected chi connectivity index (χ2v) is 12.3. The van der Waals surface area contributed by atoms with Crippen molar-refractivity contribution in [2.45, 2.75) is 129 Å². The average Bonchev–Trinajstić information content (AvgIpc) is 2.90. The summed E-state index contributed by atoms with van der Waals surface area (Å²) in [6, 6.07) is 6.71. The van der Waals surface area contributed by atoms with Crippen molar-refractivity contribution in [1.29, 1.82) is 0 Å². The smallest absolute Gasteiger partial charge is 0.338 e. The van der Waals surface area contributed by atoms with E-state index in [1.54, 1.807) is 6.92 Å². The second-order valence-electron chi connectivity index (χ2n) is 11.8. The molecule has 2 aliphatic rings. The summed E-state index contributed by atoms with van der Waals surface area (Å²) in [6.07, 6.45) is 22.5. The van der Waals surface area contributed by atoms with Gasteiger partial charge in [-0.2, -0.15) is 12.6 Å². The molecule has 0 N–H and O–H groups in total. The second kappa shape index (κ2) is 15.9. The van der Waals surface area contributed by atoms with E-state index in [1.165, 1.54) is 102 Å². The van der Waals surface area contributed by atoms with Crippen LogP contribution in [0.3, 0.4) is 0 Å². The van der Waals surface area contributed by atoms with E-state index in [4.69, 9.17) is 4.74 Å². The van der Waals surface area contributed by atoms with E-state index in [2.05, 4.69) is 44.3 Å². The minimum Gasteiger partial charge on any atom is -0.423 e. The molecule has 2 saturated carbocycles. The van der Waals surface area contributed by atoms with Crippen molar-refractivity contribution < 1.29 is 9.53 Å².